The number of hydrogen-bond donors (Lipinski definition) is 1. The van der Waals surface area contributed by atoms with Crippen molar-refractivity contribution in [3.05, 3.63) is 53.6 Å². The van der Waals surface area contributed by atoms with E-state index in [2.05, 4.69) is 5.32 Å². The normalized spacial score (nSPS) is 12.3. The zero-order valence-electron chi connectivity index (χ0n) is 15.5. The van der Waals surface area contributed by atoms with Crippen molar-refractivity contribution >= 4 is 38.9 Å². The Bertz CT molecular complexity index is 885. The SMILES string of the molecule is CCOc1ccc(N(C(CC)C(=O)Nc2cccc(Cl)c2)S(C)(=O)=O)cc1. The number of carbonyl (C=O) groups is 1. The number of anilines is 2. The zero-order valence-corrected chi connectivity index (χ0v) is 17.0. The van der Waals surface area contributed by atoms with Gasteiger partial charge >= 0.3 is 0 Å². The van der Waals surface area contributed by atoms with Gasteiger partial charge in [-0.25, -0.2) is 8.42 Å². The second-order valence-corrected chi connectivity index (χ2v) is 8.21. The third-order valence-corrected chi connectivity index (χ3v) is 5.24. The average molecular weight is 411 g/mol. The van der Waals surface area contributed by atoms with Crippen molar-refractivity contribution < 1.29 is 17.9 Å². The number of ether oxygens (including phenoxy) is 1. The van der Waals surface area contributed by atoms with Gasteiger partial charge in [0.1, 0.15) is 11.8 Å². The number of nitrogens with zero attached hydrogens (tertiary/aromatic N) is 1. The number of halogens is 1. The molecule has 6 nitrogen and oxygen atoms in total. The number of amides is 1. The Morgan fingerprint density at radius 2 is 1.85 bits per heavy atom. The van der Waals surface area contributed by atoms with E-state index in [9.17, 15) is 13.2 Å². The Hall–Kier alpha value is -2.25. The molecule has 1 atom stereocenters. The van der Waals surface area contributed by atoms with E-state index in [1.807, 2.05) is 6.92 Å². The molecule has 8 heteroatoms. The van der Waals surface area contributed by atoms with Crippen LogP contribution < -0.4 is 14.4 Å². The summed E-state index contributed by atoms with van der Waals surface area (Å²) >= 11 is 5.94. The number of sulfonamides is 1. The van der Waals surface area contributed by atoms with Gasteiger partial charge < -0.3 is 10.1 Å². The van der Waals surface area contributed by atoms with E-state index in [1.165, 1.54) is 0 Å². The molecule has 0 aliphatic rings. The van der Waals surface area contributed by atoms with Gasteiger partial charge in [0.25, 0.3) is 0 Å². The van der Waals surface area contributed by atoms with Crippen LogP contribution in [0.1, 0.15) is 20.3 Å². The van der Waals surface area contributed by atoms with E-state index >= 15 is 0 Å². The standard InChI is InChI=1S/C19H23ClN2O4S/c1-4-18(19(23)21-15-8-6-7-14(20)13-15)22(27(3,24)25)16-9-11-17(12-10-16)26-5-2/h6-13,18H,4-5H2,1-3H3,(H,21,23). The monoisotopic (exact) mass is 410 g/mol. The summed E-state index contributed by atoms with van der Waals surface area (Å²) in [5.41, 5.74) is 0.903. The smallest absolute Gasteiger partial charge is 0.248 e. The summed E-state index contributed by atoms with van der Waals surface area (Å²) in [6.07, 6.45) is 1.38. The van der Waals surface area contributed by atoms with Gasteiger partial charge in [0, 0.05) is 10.7 Å². The van der Waals surface area contributed by atoms with Gasteiger partial charge in [0.2, 0.25) is 15.9 Å². The fourth-order valence-electron chi connectivity index (χ4n) is 2.71. The minimum atomic E-state index is -3.69. The molecule has 0 saturated carbocycles. The first-order valence-electron chi connectivity index (χ1n) is 8.55. The maximum absolute atomic E-state index is 12.8. The molecule has 2 aromatic rings. The molecule has 0 aliphatic carbocycles. The topological polar surface area (TPSA) is 75.7 Å². The summed E-state index contributed by atoms with van der Waals surface area (Å²) in [4.78, 5) is 12.8. The zero-order chi connectivity index (χ0) is 20.0. The molecule has 0 bridgehead atoms. The lowest BCUT2D eigenvalue weighted by Crippen LogP contribution is -2.46. The lowest BCUT2D eigenvalue weighted by atomic mass is 10.1. The summed E-state index contributed by atoms with van der Waals surface area (Å²) in [5.74, 6) is 0.199. The molecular weight excluding hydrogens is 388 g/mol. The molecule has 1 unspecified atom stereocenters. The van der Waals surface area contributed by atoms with Crippen molar-refractivity contribution in [1.29, 1.82) is 0 Å². The Labute approximate surface area is 165 Å². The predicted molar refractivity (Wildman–Crippen MR) is 109 cm³/mol. The van der Waals surface area contributed by atoms with Crippen LogP contribution in [0.25, 0.3) is 0 Å². The van der Waals surface area contributed by atoms with E-state index in [-0.39, 0.29) is 0 Å². The first-order chi connectivity index (χ1) is 12.8. The van der Waals surface area contributed by atoms with Gasteiger partial charge in [-0.2, -0.15) is 0 Å². The number of carbonyl (C=O) groups excluding carboxylic acids is 1. The quantitative estimate of drug-likeness (QED) is 0.715. The second kappa shape index (κ2) is 9.10. The van der Waals surface area contributed by atoms with E-state index in [0.717, 1.165) is 10.6 Å². The van der Waals surface area contributed by atoms with Gasteiger partial charge in [-0.15, -0.1) is 0 Å². The molecule has 0 fully saturated rings. The molecule has 0 aromatic heterocycles. The van der Waals surface area contributed by atoms with Crippen LogP contribution in [0.5, 0.6) is 5.75 Å². The number of hydrogen-bond acceptors (Lipinski definition) is 4. The van der Waals surface area contributed by atoms with E-state index in [1.54, 1.807) is 55.5 Å². The minimum absolute atomic E-state index is 0.298. The van der Waals surface area contributed by atoms with Gasteiger partial charge in [-0.3, -0.25) is 9.10 Å². The second-order valence-electron chi connectivity index (χ2n) is 5.91. The van der Waals surface area contributed by atoms with Crippen molar-refractivity contribution in [2.45, 2.75) is 26.3 Å². The van der Waals surface area contributed by atoms with Gasteiger partial charge in [-0.1, -0.05) is 24.6 Å². The molecule has 2 aromatic carbocycles. The highest BCUT2D eigenvalue weighted by atomic mass is 35.5. The Morgan fingerprint density at radius 3 is 2.37 bits per heavy atom. The molecule has 27 heavy (non-hydrogen) atoms. The maximum atomic E-state index is 12.8. The molecule has 0 heterocycles. The summed E-state index contributed by atoms with van der Waals surface area (Å²) in [5, 5.41) is 3.21. The van der Waals surface area contributed by atoms with Crippen molar-refractivity contribution in [2.24, 2.45) is 0 Å². The van der Waals surface area contributed by atoms with Crippen LogP contribution in [0, 0.1) is 0 Å². The van der Waals surface area contributed by atoms with Crippen LogP contribution in [0.2, 0.25) is 5.02 Å². The Balaban J connectivity index is 2.33. The first-order valence-corrected chi connectivity index (χ1v) is 10.8. The highest BCUT2D eigenvalue weighted by molar-refractivity contribution is 7.92. The molecule has 1 N–H and O–H groups in total. The maximum Gasteiger partial charge on any atom is 0.248 e. The lowest BCUT2D eigenvalue weighted by Gasteiger charge is -2.30. The van der Waals surface area contributed by atoms with Gasteiger partial charge in [0.05, 0.1) is 18.6 Å². The van der Waals surface area contributed by atoms with Crippen LogP contribution in [0.3, 0.4) is 0 Å². The van der Waals surface area contributed by atoms with Crippen LogP contribution in [0.15, 0.2) is 48.5 Å². The Kier molecular flexibility index (Phi) is 7.10. The number of nitrogens with one attached hydrogen (secondary N) is 1. The molecule has 146 valence electrons. The van der Waals surface area contributed by atoms with Crippen molar-refractivity contribution in [3.63, 3.8) is 0 Å². The van der Waals surface area contributed by atoms with Gasteiger partial charge in [0.15, 0.2) is 0 Å². The molecule has 0 spiro atoms. The van der Waals surface area contributed by atoms with Crippen molar-refractivity contribution in [3.8, 4) is 5.75 Å². The van der Waals surface area contributed by atoms with E-state index < -0.39 is 22.0 Å². The fraction of sp³-hybridized carbons (Fsp3) is 0.316. The highest BCUT2D eigenvalue weighted by Gasteiger charge is 2.31. The van der Waals surface area contributed by atoms with E-state index in [0.29, 0.717) is 35.2 Å². The molecule has 0 saturated heterocycles. The van der Waals surface area contributed by atoms with Crippen LogP contribution >= 0.6 is 11.6 Å². The predicted octanol–water partition coefficient (Wildman–Crippen LogP) is 3.92. The van der Waals surface area contributed by atoms with Gasteiger partial charge in [-0.05, 0) is 55.8 Å². The molecule has 1 amide bonds. The molecular formula is C19H23ClN2O4S. The third kappa shape index (κ3) is 5.61. The number of benzene rings is 2. The van der Waals surface area contributed by atoms with E-state index in [4.69, 9.17) is 16.3 Å². The largest absolute Gasteiger partial charge is 0.494 e. The van der Waals surface area contributed by atoms with Crippen LogP contribution in [-0.2, 0) is 14.8 Å². The molecule has 2 rings (SSSR count). The number of rotatable bonds is 8. The van der Waals surface area contributed by atoms with Crippen molar-refractivity contribution in [1.82, 2.24) is 0 Å². The van der Waals surface area contributed by atoms with Crippen molar-refractivity contribution in [2.75, 3.05) is 22.5 Å². The summed E-state index contributed by atoms with van der Waals surface area (Å²) < 4.78 is 31.4. The fourth-order valence-corrected chi connectivity index (χ4v) is 4.11. The molecule has 0 aliphatic heterocycles. The van der Waals surface area contributed by atoms with Crippen LogP contribution in [-0.4, -0.2) is 33.2 Å². The molecule has 0 radical (unpaired) electrons. The summed E-state index contributed by atoms with van der Waals surface area (Å²) in [7, 11) is -3.69. The first kappa shape index (κ1) is 21.1. The lowest BCUT2D eigenvalue weighted by molar-refractivity contribution is -0.117. The summed E-state index contributed by atoms with van der Waals surface area (Å²) in [6, 6.07) is 12.4. The van der Waals surface area contributed by atoms with Crippen LogP contribution in [0.4, 0.5) is 11.4 Å². The Morgan fingerprint density at radius 1 is 1.19 bits per heavy atom. The highest BCUT2D eigenvalue weighted by Crippen LogP contribution is 2.26. The summed E-state index contributed by atoms with van der Waals surface area (Å²) in [6.45, 7) is 4.13. The third-order valence-electron chi connectivity index (χ3n) is 3.82. The average Bonchev–Trinajstić information content (AvgIpc) is 2.59. The minimum Gasteiger partial charge on any atom is -0.494 e.